The maximum Gasteiger partial charge on any atom is 0.349 e. The largest absolute Gasteiger partial charge is 0.396 e. The number of aromatic amines is 1. The van der Waals surface area contributed by atoms with Gasteiger partial charge in [0.2, 0.25) is 0 Å². The zero-order valence-corrected chi connectivity index (χ0v) is 10.4. The molecule has 8 heteroatoms. The van der Waals surface area contributed by atoms with E-state index in [-0.39, 0.29) is 18.1 Å². The fraction of sp³-hybridized carbons (Fsp3) is 0.250. The number of H-pyrrole nitrogens is 1. The highest BCUT2D eigenvalue weighted by Crippen LogP contribution is 2.18. The number of rotatable bonds is 3. The molecule has 1 aromatic rings. The van der Waals surface area contributed by atoms with E-state index in [1.165, 1.54) is 0 Å². The topological polar surface area (TPSA) is 114 Å². The minimum Gasteiger partial charge on any atom is -0.396 e. The van der Waals surface area contributed by atoms with Crippen molar-refractivity contribution >= 4 is 11.2 Å². The van der Waals surface area contributed by atoms with Gasteiger partial charge in [0.1, 0.15) is 5.52 Å². The van der Waals surface area contributed by atoms with Crippen molar-refractivity contribution in [3.8, 4) is 11.5 Å². The van der Waals surface area contributed by atoms with Gasteiger partial charge in [0, 0.05) is 19.3 Å². The standard InChI is InChI=1S/C12H11N5O3/c18-6-2-5-17-9-7(3-1-4-13-9)14-8-10(17)15-12(20)16-11(8)19/h1,3-4,18H,2,5-6H2,(H,16,19,20). The van der Waals surface area contributed by atoms with E-state index in [4.69, 9.17) is 5.11 Å². The monoisotopic (exact) mass is 273 g/mol. The molecule has 2 N–H and O–H groups in total. The number of hydrogen-bond acceptors (Lipinski definition) is 6. The molecule has 0 atom stereocenters. The Hall–Kier alpha value is -2.61. The molecule has 0 radical (unpaired) electrons. The Labute approximate surface area is 112 Å². The van der Waals surface area contributed by atoms with Gasteiger partial charge in [0.15, 0.2) is 17.2 Å². The first-order valence-corrected chi connectivity index (χ1v) is 6.07. The molecule has 0 amide bonds. The average molecular weight is 273 g/mol. The Bertz CT molecular complexity index is 854. The molecule has 0 spiro atoms. The number of aliphatic hydroxyl groups excluding tert-OH is 1. The summed E-state index contributed by atoms with van der Waals surface area (Å²) in [5, 5.41) is 8.98. The quantitative estimate of drug-likeness (QED) is 0.614. The van der Waals surface area contributed by atoms with E-state index >= 15 is 0 Å². The Kier molecular flexibility index (Phi) is 2.99. The fourth-order valence-electron chi connectivity index (χ4n) is 2.07. The molecule has 1 aromatic heterocycles. The van der Waals surface area contributed by atoms with Gasteiger partial charge >= 0.3 is 5.69 Å². The highest BCUT2D eigenvalue weighted by molar-refractivity contribution is 5.75. The van der Waals surface area contributed by atoms with Gasteiger partial charge in [-0.1, -0.05) is 0 Å². The molecule has 0 fully saturated rings. The molecule has 8 nitrogen and oxygen atoms in total. The van der Waals surface area contributed by atoms with Crippen LogP contribution in [0.3, 0.4) is 0 Å². The van der Waals surface area contributed by atoms with Crippen LogP contribution in [0.5, 0.6) is 0 Å². The van der Waals surface area contributed by atoms with E-state index in [1.54, 1.807) is 22.9 Å². The fourth-order valence-corrected chi connectivity index (χ4v) is 2.07. The third-order valence-electron chi connectivity index (χ3n) is 2.90. The average Bonchev–Trinajstić information content (AvgIpc) is 2.44. The van der Waals surface area contributed by atoms with E-state index in [0.29, 0.717) is 24.1 Å². The number of hydrogen-bond donors (Lipinski definition) is 2. The van der Waals surface area contributed by atoms with Crippen molar-refractivity contribution < 1.29 is 5.11 Å². The first-order valence-electron chi connectivity index (χ1n) is 6.07. The van der Waals surface area contributed by atoms with Crippen molar-refractivity contribution in [3.05, 3.63) is 39.2 Å². The first-order chi connectivity index (χ1) is 9.70. The number of aryl methyl sites for hydroxylation is 1. The molecule has 3 rings (SSSR count). The Balaban J connectivity index is 2.43. The van der Waals surface area contributed by atoms with Crippen LogP contribution in [0.15, 0.2) is 27.9 Å². The van der Waals surface area contributed by atoms with Crippen LogP contribution in [0, 0.1) is 0 Å². The highest BCUT2D eigenvalue weighted by atomic mass is 16.3. The summed E-state index contributed by atoms with van der Waals surface area (Å²) < 4.78 is 1.63. The molecular formula is C12H11N5O3. The van der Waals surface area contributed by atoms with Gasteiger partial charge in [-0.25, -0.2) is 14.8 Å². The molecule has 102 valence electrons. The number of pyridine rings is 1. The lowest BCUT2D eigenvalue weighted by atomic mass is 10.3. The number of nitrogens with one attached hydrogen (secondary N) is 1. The minimum absolute atomic E-state index is 0.0153. The second-order valence-corrected chi connectivity index (χ2v) is 4.23. The molecule has 20 heavy (non-hydrogen) atoms. The summed E-state index contributed by atoms with van der Waals surface area (Å²) in [5.74, 6) is 0.179. The molecule has 0 bridgehead atoms. The smallest absolute Gasteiger partial charge is 0.349 e. The van der Waals surface area contributed by atoms with Crippen LogP contribution in [0.25, 0.3) is 22.7 Å². The molecule has 2 aliphatic heterocycles. The molecule has 2 aliphatic rings. The van der Waals surface area contributed by atoms with E-state index < -0.39 is 11.2 Å². The summed E-state index contributed by atoms with van der Waals surface area (Å²) in [7, 11) is 0. The lowest BCUT2D eigenvalue weighted by Crippen LogP contribution is -2.29. The van der Waals surface area contributed by atoms with Gasteiger partial charge in [0.25, 0.3) is 5.56 Å². The predicted molar refractivity (Wildman–Crippen MR) is 70.5 cm³/mol. The van der Waals surface area contributed by atoms with Crippen LogP contribution < -0.4 is 11.2 Å². The Morgan fingerprint density at radius 1 is 1.30 bits per heavy atom. The molecule has 0 saturated heterocycles. The van der Waals surface area contributed by atoms with Crippen LogP contribution in [-0.2, 0) is 6.54 Å². The number of fused-ring (bicyclic) bond motifs is 2. The third-order valence-corrected chi connectivity index (χ3v) is 2.90. The van der Waals surface area contributed by atoms with Crippen molar-refractivity contribution in [1.29, 1.82) is 0 Å². The van der Waals surface area contributed by atoms with E-state index in [1.807, 2.05) is 0 Å². The van der Waals surface area contributed by atoms with Crippen LogP contribution in [0.4, 0.5) is 0 Å². The summed E-state index contributed by atoms with van der Waals surface area (Å²) in [6.07, 6.45) is 2.05. The van der Waals surface area contributed by atoms with Gasteiger partial charge in [-0.3, -0.25) is 9.78 Å². The lowest BCUT2D eigenvalue weighted by Gasteiger charge is -2.14. The van der Waals surface area contributed by atoms with Crippen molar-refractivity contribution in [3.63, 3.8) is 0 Å². The van der Waals surface area contributed by atoms with Crippen LogP contribution >= 0.6 is 0 Å². The molecule has 0 unspecified atom stereocenters. The number of aliphatic hydroxyl groups is 1. The second kappa shape index (κ2) is 4.82. The zero-order valence-electron chi connectivity index (χ0n) is 10.4. The zero-order chi connectivity index (χ0) is 14.1. The van der Waals surface area contributed by atoms with Gasteiger partial charge in [-0.15, -0.1) is 0 Å². The summed E-state index contributed by atoms with van der Waals surface area (Å²) in [6, 6.07) is 3.43. The van der Waals surface area contributed by atoms with Gasteiger partial charge in [0.05, 0.1) is 0 Å². The minimum atomic E-state index is -0.725. The highest BCUT2D eigenvalue weighted by Gasteiger charge is 2.18. The van der Waals surface area contributed by atoms with Crippen molar-refractivity contribution in [2.45, 2.75) is 13.0 Å². The Morgan fingerprint density at radius 3 is 2.95 bits per heavy atom. The van der Waals surface area contributed by atoms with Crippen LogP contribution in [-0.4, -0.2) is 36.2 Å². The van der Waals surface area contributed by atoms with Crippen molar-refractivity contribution in [2.75, 3.05) is 6.61 Å². The molecule has 0 saturated carbocycles. The van der Waals surface area contributed by atoms with Gasteiger partial charge in [-0.2, -0.15) is 4.98 Å². The normalized spacial score (nSPS) is 11.2. The SMILES string of the molecule is O=c1nc2n(CCCO)c3ncccc3nc-2c(=O)[nH]1. The predicted octanol–water partition coefficient (Wildman–Crippen LogP) is -0.638. The number of nitrogens with zero attached hydrogens (tertiary/aromatic N) is 4. The summed E-state index contributed by atoms with van der Waals surface area (Å²) in [4.78, 5) is 37.5. The maximum atomic E-state index is 11.8. The summed E-state index contributed by atoms with van der Waals surface area (Å²) in [6.45, 7) is 0.373. The van der Waals surface area contributed by atoms with Crippen molar-refractivity contribution in [1.82, 2.24) is 24.5 Å². The van der Waals surface area contributed by atoms with Crippen LogP contribution in [0.2, 0.25) is 0 Å². The van der Waals surface area contributed by atoms with Crippen molar-refractivity contribution in [2.24, 2.45) is 0 Å². The van der Waals surface area contributed by atoms with E-state index in [0.717, 1.165) is 0 Å². The van der Waals surface area contributed by atoms with Gasteiger partial charge in [-0.05, 0) is 18.6 Å². The first kappa shape index (κ1) is 12.4. The van der Waals surface area contributed by atoms with E-state index in [2.05, 4.69) is 19.9 Å². The molecule has 0 aromatic carbocycles. The summed E-state index contributed by atoms with van der Waals surface area (Å²) >= 11 is 0. The van der Waals surface area contributed by atoms with E-state index in [9.17, 15) is 9.59 Å². The molecular weight excluding hydrogens is 262 g/mol. The Morgan fingerprint density at radius 2 is 2.15 bits per heavy atom. The molecule has 3 heterocycles. The van der Waals surface area contributed by atoms with Gasteiger partial charge < -0.3 is 9.67 Å². The maximum absolute atomic E-state index is 11.8. The lowest BCUT2D eigenvalue weighted by molar-refractivity contribution is 0.280. The number of aromatic nitrogens is 5. The second-order valence-electron chi connectivity index (χ2n) is 4.23. The van der Waals surface area contributed by atoms with Crippen LogP contribution in [0.1, 0.15) is 6.42 Å². The summed E-state index contributed by atoms with van der Waals surface area (Å²) in [5.41, 5.74) is -0.168. The molecule has 0 aliphatic carbocycles. The third kappa shape index (κ3) is 1.95.